The van der Waals surface area contributed by atoms with E-state index in [1.807, 2.05) is 0 Å². The number of nitrogens with zero attached hydrogens (tertiary/aromatic N) is 1. The van der Waals surface area contributed by atoms with Crippen molar-refractivity contribution >= 4 is 19.6 Å². The van der Waals surface area contributed by atoms with Crippen LogP contribution in [-0.2, 0) is 19.8 Å². The molecular weight excluding hydrogens is 416 g/mol. The average molecular weight is 435 g/mol. The van der Waals surface area contributed by atoms with E-state index in [4.69, 9.17) is 4.74 Å². The van der Waals surface area contributed by atoms with Crippen LogP contribution in [0.2, 0.25) is 0 Å². The van der Waals surface area contributed by atoms with Gasteiger partial charge >= 0.3 is 14.4 Å². The van der Waals surface area contributed by atoms with Crippen LogP contribution < -0.4 is 10.1 Å². The summed E-state index contributed by atoms with van der Waals surface area (Å²) in [7, 11) is 0.817. The van der Waals surface area contributed by atoms with Crippen molar-refractivity contribution in [2.75, 3.05) is 26.1 Å². The van der Waals surface area contributed by atoms with Crippen LogP contribution in [0.1, 0.15) is 12.5 Å². The number of alkyl halides is 3. The molecule has 0 aliphatic carbocycles. The molecule has 0 atom stereocenters. The molecule has 8 nitrogen and oxygen atoms in total. The van der Waals surface area contributed by atoms with Gasteiger partial charge in [0.1, 0.15) is 17.2 Å². The number of nitro benzene ring substituents is 1. The molecule has 0 aliphatic heterocycles. The molecule has 0 saturated heterocycles. The van der Waals surface area contributed by atoms with Gasteiger partial charge in [0.2, 0.25) is 0 Å². The molecule has 0 fully saturated rings. The van der Waals surface area contributed by atoms with Crippen molar-refractivity contribution in [3.8, 4) is 11.5 Å². The SMILES string of the molecule is CCNc1cc(Oc2ccc(C(F)(F)F)cc2)ccc1[N+](=O)[O-].CO[P+](=O)OC. The molecule has 0 saturated carbocycles. The van der Waals surface area contributed by atoms with Gasteiger partial charge in [0.05, 0.1) is 24.7 Å². The number of anilines is 1. The van der Waals surface area contributed by atoms with E-state index in [0.717, 1.165) is 12.1 Å². The number of hydrogen-bond donors (Lipinski definition) is 1. The van der Waals surface area contributed by atoms with Gasteiger partial charge in [-0.3, -0.25) is 10.1 Å². The van der Waals surface area contributed by atoms with Gasteiger partial charge in [-0.05, 0) is 37.3 Å². The zero-order valence-corrected chi connectivity index (χ0v) is 16.6. The van der Waals surface area contributed by atoms with Crippen LogP contribution in [0.5, 0.6) is 11.5 Å². The summed E-state index contributed by atoms with van der Waals surface area (Å²) >= 11 is 0. The number of benzene rings is 2. The van der Waals surface area contributed by atoms with E-state index < -0.39 is 24.9 Å². The number of hydrogen-bond acceptors (Lipinski definition) is 7. The third kappa shape index (κ3) is 8.02. The molecule has 0 bridgehead atoms. The third-order valence-corrected chi connectivity index (χ3v) is 3.84. The normalized spacial score (nSPS) is 10.6. The Labute approximate surface area is 165 Å². The number of nitro groups is 1. The molecular formula is C17H19F3N2O6P+. The molecule has 0 aliphatic rings. The van der Waals surface area contributed by atoms with Gasteiger partial charge in [-0.15, -0.1) is 9.05 Å². The lowest BCUT2D eigenvalue weighted by Crippen LogP contribution is -2.04. The van der Waals surface area contributed by atoms with E-state index in [1.54, 1.807) is 6.92 Å². The molecule has 0 unspecified atom stereocenters. The predicted molar refractivity (Wildman–Crippen MR) is 100 cm³/mol. The first-order valence-corrected chi connectivity index (χ1v) is 9.14. The van der Waals surface area contributed by atoms with Crippen molar-refractivity contribution in [2.24, 2.45) is 0 Å². The van der Waals surface area contributed by atoms with E-state index in [9.17, 15) is 27.9 Å². The summed E-state index contributed by atoms with van der Waals surface area (Å²) in [5.74, 6) is 0.487. The molecule has 2 rings (SSSR count). The fourth-order valence-corrected chi connectivity index (χ4v) is 2.14. The summed E-state index contributed by atoms with van der Waals surface area (Å²) in [6, 6.07) is 8.29. The largest absolute Gasteiger partial charge is 0.696 e. The van der Waals surface area contributed by atoms with Crippen LogP contribution >= 0.6 is 8.25 Å². The lowest BCUT2D eigenvalue weighted by atomic mass is 10.2. The molecule has 158 valence electrons. The van der Waals surface area contributed by atoms with Crippen LogP contribution in [0, 0.1) is 10.1 Å². The smallest absolute Gasteiger partial charge is 0.457 e. The number of rotatable bonds is 7. The molecule has 0 amide bonds. The molecule has 1 N–H and O–H groups in total. The summed E-state index contributed by atoms with van der Waals surface area (Å²) < 4.78 is 61.2. The molecule has 12 heteroatoms. The maximum Gasteiger partial charge on any atom is 0.696 e. The van der Waals surface area contributed by atoms with Crippen LogP contribution in [0.15, 0.2) is 42.5 Å². The predicted octanol–water partition coefficient (Wildman–Crippen LogP) is 5.77. The Morgan fingerprint density at radius 3 is 2.03 bits per heavy atom. The van der Waals surface area contributed by atoms with Crippen molar-refractivity contribution in [3.63, 3.8) is 0 Å². The summed E-state index contributed by atoms with van der Waals surface area (Å²) in [6.07, 6.45) is -4.41. The maximum absolute atomic E-state index is 12.5. The monoisotopic (exact) mass is 435 g/mol. The van der Waals surface area contributed by atoms with Gasteiger partial charge in [0.15, 0.2) is 0 Å². The summed E-state index contributed by atoms with van der Waals surface area (Å²) in [5, 5.41) is 13.8. The second kappa shape index (κ2) is 11.3. The lowest BCUT2D eigenvalue weighted by Gasteiger charge is -2.10. The Morgan fingerprint density at radius 2 is 1.62 bits per heavy atom. The molecule has 0 aromatic heterocycles. The first kappa shape index (κ1) is 24.3. The summed E-state index contributed by atoms with van der Waals surface area (Å²) in [4.78, 5) is 10.4. The zero-order valence-electron chi connectivity index (χ0n) is 15.7. The maximum atomic E-state index is 12.5. The molecule has 0 radical (unpaired) electrons. The van der Waals surface area contributed by atoms with Crippen LogP contribution in [0.25, 0.3) is 0 Å². The summed E-state index contributed by atoms with van der Waals surface area (Å²) in [5.41, 5.74) is -0.601. The number of ether oxygens (including phenoxy) is 1. The topological polar surface area (TPSA) is 99.9 Å². The van der Waals surface area contributed by atoms with Gasteiger partial charge in [-0.25, -0.2) is 0 Å². The van der Waals surface area contributed by atoms with Crippen molar-refractivity contribution < 1.29 is 36.4 Å². The zero-order chi connectivity index (χ0) is 22.0. The highest BCUT2D eigenvalue weighted by Gasteiger charge is 2.30. The Morgan fingerprint density at radius 1 is 1.07 bits per heavy atom. The van der Waals surface area contributed by atoms with Crippen LogP contribution in [-0.4, -0.2) is 25.7 Å². The van der Waals surface area contributed by atoms with Gasteiger partial charge in [0.25, 0.3) is 5.69 Å². The summed E-state index contributed by atoms with van der Waals surface area (Å²) in [6.45, 7) is 2.26. The minimum Gasteiger partial charge on any atom is -0.457 e. The Hall–Kier alpha value is -2.75. The fourth-order valence-electron chi connectivity index (χ4n) is 1.99. The number of halogens is 3. The van der Waals surface area contributed by atoms with E-state index in [-0.39, 0.29) is 22.9 Å². The average Bonchev–Trinajstić information content (AvgIpc) is 2.68. The number of nitrogens with one attached hydrogen (secondary N) is 1. The van der Waals surface area contributed by atoms with E-state index in [2.05, 4.69) is 14.4 Å². The Balaban J connectivity index is 0.000000612. The Kier molecular flexibility index (Phi) is 9.46. The highest BCUT2D eigenvalue weighted by Crippen LogP contribution is 2.33. The molecule has 0 heterocycles. The molecule has 2 aromatic rings. The quantitative estimate of drug-likeness (QED) is 0.335. The second-order valence-electron chi connectivity index (χ2n) is 5.18. The molecule has 0 spiro atoms. The van der Waals surface area contributed by atoms with E-state index >= 15 is 0 Å². The third-order valence-electron chi connectivity index (χ3n) is 3.25. The van der Waals surface area contributed by atoms with Gasteiger partial charge in [-0.1, -0.05) is 0 Å². The second-order valence-corrected chi connectivity index (χ2v) is 6.36. The van der Waals surface area contributed by atoms with Gasteiger partial charge in [-0.2, -0.15) is 13.2 Å². The standard InChI is InChI=1S/C15H13F3N2O3.C2H6O3P/c1-2-19-13-9-12(7-8-14(13)20(21)22)23-11-5-3-10(4-6-11)15(16,17)18;1-4-6(3)5-2/h3-9,19H,2H2,1H3;1-2H3/q;+1. The van der Waals surface area contributed by atoms with Crippen LogP contribution in [0.4, 0.5) is 24.5 Å². The Bertz CT molecular complexity index is 825. The van der Waals surface area contributed by atoms with E-state index in [1.165, 1.54) is 44.6 Å². The van der Waals surface area contributed by atoms with Crippen LogP contribution in [0.3, 0.4) is 0 Å². The molecule has 29 heavy (non-hydrogen) atoms. The van der Waals surface area contributed by atoms with Gasteiger partial charge in [0, 0.05) is 23.2 Å². The van der Waals surface area contributed by atoms with Gasteiger partial charge < -0.3 is 10.1 Å². The first-order valence-electron chi connectivity index (χ1n) is 8.05. The van der Waals surface area contributed by atoms with Crippen molar-refractivity contribution in [1.82, 2.24) is 0 Å². The van der Waals surface area contributed by atoms with Crippen molar-refractivity contribution in [2.45, 2.75) is 13.1 Å². The highest BCUT2D eigenvalue weighted by atomic mass is 31.1. The first-order chi connectivity index (χ1) is 13.6. The lowest BCUT2D eigenvalue weighted by molar-refractivity contribution is -0.384. The minimum atomic E-state index is -4.41. The van der Waals surface area contributed by atoms with Crippen molar-refractivity contribution in [3.05, 3.63) is 58.1 Å². The fraction of sp³-hybridized carbons (Fsp3) is 0.294. The van der Waals surface area contributed by atoms with Crippen molar-refractivity contribution in [1.29, 1.82) is 0 Å². The van der Waals surface area contributed by atoms with E-state index in [0.29, 0.717) is 6.54 Å². The minimum absolute atomic E-state index is 0.105. The highest BCUT2D eigenvalue weighted by molar-refractivity contribution is 7.33. The molecule has 2 aromatic carbocycles.